The lowest BCUT2D eigenvalue weighted by atomic mass is 9.95. The van der Waals surface area contributed by atoms with E-state index in [4.69, 9.17) is 5.73 Å². The molecule has 0 aromatic heterocycles. The molecular weight excluding hydrogens is 236 g/mol. The Morgan fingerprint density at radius 3 is 2.12 bits per heavy atom. The van der Waals surface area contributed by atoms with Gasteiger partial charge in [-0.25, -0.2) is 13.1 Å². The smallest absolute Gasteiger partial charge is 0.211 e. The second kappa shape index (κ2) is 8.06. The van der Waals surface area contributed by atoms with Crippen LogP contribution in [-0.4, -0.2) is 26.8 Å². The molecule has 0 saturated heterocycles. The summed E-state index contributed by atoms with van der Waals surface area (Å²) in [6.45, 7) is 8.56. The van der Waals surface area contributed by atoms with E-state index in [2.05, 4.69) is 18.6 Å². The summed E-state index contributed by atoms with van der Waals surface area (Å²) in [6, 6.07) is -0.0844. The third-order valence-corrected chi connectivity index (χ3v) is 4.54. The molecule has 0 aliphatic carbocycles. The van der Waals surface area contributed by atoms with Gasteiger partial charge in [-0.15, -0.1) is 0 Å². The number of rotatable bonds is 9. The van der Waals surface area contributed by atoms with E-state index in [1.165, 1.54) is 0 Å². The number of hydrogen-bond acceptors (Lipinski definition) is 3. The molecule has 3 N–H and O–H groups in total. The van der Waals surface area contributed by atoms with Crippen LogP contribution in [-0.2, 0) is 10.0 Å². The molecule has 104 valence electrons. The molecule has 17 heavy (non-hydrogen) atoms. The standard InChI is InChI=1S/C12H28N2O2S/c1-5-11(6-2)12(13)9-14-17(15,16)8-7-10(3)4/h10-12,14H,5-9,13H2,1-4H3. The predicted octanol–water partition coefficient (Wildman–Crippen LogP) is 1.72. The largest absolute Gasteiger partial charge is 0.326 e. The number of nitrogens with two attached hydrogens (primary N) is 1. The van der Waals surface area contributed by atoms with Gasteiger partial charge in [-0.3, -0.25) is 0 Å². The number of hydrogen-bond donors (Lipinski definition) is 2. The van der Waals surface area contributed by atoms with Crippen LogP contribution in [0.2, 0.25) is 0 Å². The Balaban J connectivity index is 4.08. The van der Waals surface area contributed by atoms with Crippen molar-refractivity contribution in [3.05, 3.63) is 0 Å². The van der Waals surface area contributed by atoms with Crippen LogP contribution >= 0.6 is 0 Å². The zero-order chi connectivity index (χ0) is 13.5. The van der Waals surface area contributed by atoms with Gasteiger partial charge in [0.1, 0.15) is 0 Å². The third-order valence-electron chi connectivity index (χ3n) is 3.16. The first kappa shape index (κ1) is 16.9. The first-order valence-electron chi connectivity index (χ1n) is 6.55. The van der Waals surface area contributed by atoms with Crippen LogP contribution in [0.15, 0.2) is 0 Å². The van der Waals surface area contributed by atoms with E-state index < -0.39 is 10.0 Å². The minimum Gasteiger partial charge on any atom is -0.326 e. The zero-order valence-corrected chi connectivity index (χ0v) is 12.4. The molecule has 1 unspecified atom stereocenters. The molecule has 0 radical (unpaired) electrons. The maximum Gasteiger partial charge on any atom is 0.211 e. The molecule has 0 aliphatic heterocycles. The van der Waals surface area contributed by atoms with Crippen molar-refractivity contribution in [2.24, 2.45) is 17.6 Å². The molecule has 0 amide bonds. The van der Waals surface area contributed by atoms with E-state index in [0.717, 1.165) is 12.8 Å². The Morgan fingerprint density at radius 2 is 1.71 bits per heavy atom. The Bertz CT molecular complexity index is 285. The molecule has 0 aromatic rings. The molecular formula is C12H28N2O2S. The van der Waals surface area contributed by atoms with Crippen LogP contribution < -0.4 is 10.5 Å². The Kier molecular flexibility index (Phi) is 8.00. The van der Waals surface area contributed by atoms with Gasteiger partial charge in [-0.1, -0.05) is 40.5 Å². The fourth-order valence-electron chi connectivity index (χ4n) is 1.75. The minimum atomic E-state index is -3.15. The first-order chi connectivity index (χ1) is 7.82. The average molecular weight is 264 g/mol. The van der Waals surface area contributed by atoms with Gasteiger partial charge in [0.15, 0.2) is 0 Å². The van der Waals surface area contributed by atoms with Gasteiger partial charge in [-0.2, -0.15) is 0 Å². The molecule has 0 aliphatic rings. The van der Waals surface area contributed by atoms with Crippen molar-refractivity contribution >= 4 is 10.0 Å². The third kappa shape index (κ3) is 7.73. The lowest BCUT2D eigenvalue weighted by Crippen LogP contribution is -2.42. The van der Waals surface area contributed by atoms with Crippen molar-refractivity contribution in [2.75, 3.05) is 12.3 Å². The highest BCUT2D eigenvalue weighted by molar-refractivity contribution is 7.89. The second-order valence-electron chi connectivity index (χ2n) is 5.09. The fraction of sp³-hybridized carbons (Fsp3) is 1.00. The quantitative estimate of drug-likeness (QED) is 0.666. The molecule has 0 bridgehead atoms. The first-order valence-corrected chi connectivity index (χ1v) is 8.20. The highest BCUT2D eigenvalue weighted by atomic mass is 32.2. The Morgan fingerprint density at radius 1 is 1.18 bits per heavy atom. The van der Waals surface area contributed by atoms with Crippen LogP contribution in [0.3, 0.4) is 0 Å². The van der Waals surface area contributed by atoms with E-state index in [0.29, 0.717) is 24.8 Å². The molecule has 4 nitrogen and oxygen atoms in total. The van der Waals surface area contributed by atoms with Crippen LogP contribution in [0.25, 0.3) is 0 Å². The van der Waals surface area contributed by atoms with Gasteiger partial charge in [0.2, 0.25) is 10.0 Å². The van der Waals surface area contributed by atoms with Crippen LogP contribution in [0.1, 0.15) is 47.0 Å². The summed E-state index contributed by atoms with van der Waals surface area (Å²) in [4.78, 5) is 0. The summed E-state index contributed by atoms with van der Waals surface area (Å²) in [5.41, 5.74) is 5.98. The van der Waals surface area contributed by atoms with Crippen molar-refractivity contribution in [2.45, 2.75) is 53.0 Å². The molecule has 0 saturated carbocycles. The molecule has 5 heteroatoms. The summed E-state index contributed by atoms with van der Waals surface area (Å²) in [7, 11) is -3.15. The summed E-state index contributed by atoms with van der Waals surface area (Å²) in [5.74, 6) is 0.988. The van der Waals surface area contributed by atoms with Crippen molar-refractivity contribution < 1.29 is 8.42 Å². The Hall–Kier alpha value is -0.130. The van der Waals surface area contributed by atoms with Gasteiger partial charge < -0.3 is 5.73 Å². The Labute approximate surface area is 106 Å². The second-order valence-corrected chi connectivity index (χ2v) is 7.02. The molecule has 1 atom stereocenters. The maximum atomic E-state index is 11.7. The van der Waals surface area contributed by atoms with Gasteiger partial charge in [0.25, 0.3) is 0 Å². The monoisotopic (exact) mass is 264 g/mol. The van der Waals surface area contributed by atoms with Crippen molar-refractivity contribution in [1.82, 2.24) is 4.72 Å². The summed E-state index contributed by atoms with van der Waals surface area (Å²) >= 11 is 0. The minimum absolute atomic E-state index is 0.0844. The highest BCUT2D eigenvalue weighted by Gasteiger charge is 2.17. The predicted molar refractivity (Wildman–Crippen MR) is 73.3 cm³/mol. The van der Waals surface area contributed by atoms with E-state index in [-0.39, 0.29) is 11.8 Å². The van der Waals surface area contributed by atoms with Crippen molar-refractivity contribution in [1.29, 1.82) is 0 Å². The molecule has 0 heterocycles. The van der Waals surface area contributed by atoms with E-state index in [1.807, 2.05) is 13.8 Å². The highest BCUT2D eigenvalue weighted by Crippen LogP contribution is 2.11. The maximum absolute atomic E-state index is 11.7. The lowest BCUT2D eigenvalue weighted by molar-refractivity contribution is 0.392. The lowest BCUT2D eigenvalue weighted by Gasteiger charge is -2.21. The van der Waals surface area contributed by atoms with Gasteiger partial charge in [-0.05, 0) is 18.3 Å². The molecule has 0 spiro atoms. The normalized spacial score (nSPS) is 14.5. The fourth-order valence-corrected chi connectivity index (χ4v) is 3.12. The van der Waals surface area contributed by atoms with E-state index >= 15 is 0 Å². The summed E-state index contributed by atoms with van der Waals surface area (Å²) in [5, 5.41) is 0. The van der Waals surface area contributed by atoms with Gasteiger partial charge in [0.05, 0.1) is 5.75 Å². The number of nitrogens with one attached hydrogen (secondary N) is 1. The SMILES string of the molecule is CCC(CC)C(N)CNS(=O)(=O)CCC(C)C. The topological polar surface area (TPSA) is 72.2 Å². The van der Waals surface area contributed by atoms with E-state index in [9.17, 15) is 8.42 Å². The van der Waals surface area contributed by atoms with E-state index in [1.54, 1.807) is 0 Å². The van der Waals surface area contributed by atoms with Crippen LogP contribution in [0, 0.1) is 11.8 Å². The van der Waals surface area contributed by atoms with Crippen molar-refractivity contribution in [3.8, 4) is 0 Å². The average Bonchev–Trinajstić information content (AvgIpc) is 2.26. The van der Waals surface area contributed by atoms with Crippen LogP contribution in [0.5, 0.6) is 0 Å². The van der Waals surface area contributed by atoms with Crippen molar-refractivity contribution in [3.63, 3.8) is 0 Å². The molecule has 0 fully saturated rings. The molecule has 0 rings (SSSR count). The number of sulfonamides is 1. The van der Waals surface area contributed by atoms with Gasteiger partial charge >= 0.3 is 0 Å². The van der Waals surface area contributed by atoms with Crippen LogP contribution in [0.4, 0.5) is 0 Å². The zero-order valence-electron chi connectivity index (χ0n) is 11.6. The van der Waals surface area contributed by atoms with Gasteiger partial charge in [0, 0.05) is 12.6 Å². The molecule has 0 aromatic carbocycles. The summed E-state index contributed by atoms with van der Waals surface area (Å²) in [6.07, 6.45) is 2.67. The summed E-state index contributed by atoms with van der Waals surface area (Å²) < 4.78 is 26.0.